The molecule has 0 saturated heterocycles. The first-order chi connectivity index (χ1) is 6.17. The summed E-state index contributed by atoms with van der Waals surface area (Å²) in [5, 5.41) is 0. The highest BCUT2D eigenvalue weighted by molar-refractivity contribution is 7.80. The molecule has 0 saturated carbocycles. The van der Waals surface area contributed by atoms with Gasteiger partial charge in [-0.05, 0) is 12.2 Å². The second-order valence-corrected chi connectivity index (χ2v) is 3.34. The summed E-state index contributed by atoms with van der Waals surface area (Å²) in [6.45, 7) is 0. The smallest absolute Gasteiger partial charge is 0.201 e. The largest absolute Gasteiger partial charge is 0.273 e. The van der Waals surface area contributed by atoms with Gasteiger partial charge in [-0.3, -0.25) is 0 Å². The minimum absolute atomic E-state index is 0.0942. The first kappa shape index (κ1) is 10.5. The molecule has 0 bridgehead atoms. The second kappa shape index (κ2) is 4.61. The van der Waals surface area contributed by atoms with Crippen LogP contribution >= 0.6 is 12.6 Å². The Labute approximate surface area is 82.4 Å². The predicted octanol–water partition coefficient (Wildman–Crippen LogP) is 3.49. The van der Waals surface area contributed by atoms with Crippen molar-refractivity contribution in [3.8, 4) is 0 Å². The SMILES string of the molecule is FC(F)(CCCS)c1ccccc1. The van der Waals surface area contributed by atoms with Crippen molar-refractivity contribution in [2.24, 2.45) is 0 Å². The van der Waals surface area contributed by atoms with E-state index in [2.05, 4.69) is 12.6 Å². The van der Waals surface area contributed by atoms with Crippen molar-refractivity contribution in [2.75, 3.05) is 5.75 Å². The van der Waals surface area contributed by atoms with Gasteiger partial charge in [0.2, 0.25) is 0 Å². The maximum absolute atomic E-state index is 13.3. The van der Waals surface area contributed by atoms with Gasteiger partial charge in [0.15, 0.2) is 0 Å². The topological polar surface area (TPSA) is 0 Å². The van der Waals surface area contributed by atoms with Crippen molar-refractivity contribution in [3.05, 3.63) is 35.9 Å². The van der Waals surface area contributed by atoms with E-state index in [0.29, 0.717) is 12.2 Å². The Hall–Kier alpha value is -0.570. The molecule has 1 rings (SSSR count). The molecule has 0 aliphatic carbocycles. The van der Waals surface area contributed by atoms with Gasteiger partial charge in [0.1, 0.15) is 0 Å². The minimum Gasteiger partial charge on any atom is -0.201 e. The fourth-order valence-corrected chi connectivity index (χ4v) is 1.29. The van der Waals surface area contributed by atoms with Crippen LogP contribution in [-0.4, -0.2) is 5.75 Å². The quantitative estimate of drug-likeness (QED) is 0.710. The van der Waals surface area contributed by atoms with Crippen LogP contribution in [0.15, 0.2) is 30.3 Å². The fourth-order valence-electron chi connectivity index (χ4n) is 1.13. The number of benzene rings is 1. The lowest BCUT2D eigenvalue weighted by atomic mass is 10.0. The summed E-state index contributed by atoms with van der Waals surface area (Å²) in [4.78, 5) is 0. The Morgan fingerprint density at radius 2 is 1.77 bits per heavy atom. The predicted molar refractivity (Wildman–Crippen MR) is 53.4 cm³/mol. The van der Waals surface area contributed by atoms with Gasteiger partial charge in [-0.15, -0.1) is 0 Å². The van der Waals surface area contributed by atoms with Crippen molar-refractivity contribution >= 4 is 12.6 Å². The van der Waals surface area contributed by atoms with Gasteiger partial charge in [0, 0.05) is 12.0 Å². The highest BCUT2D eigenvalue weighted by atomic mass is 32.1. The molecule has 0 amide bonds. The van der Waals surface area contributed by atoms with Crippen molar-refractivity contribution in [2.45, 2.75) is 18.8 Å². The minimum atomic E-state index is -2.70. The molecule has 0 nitrogen and oxygen atoms in total. The zero-order valence-corrected chi connectivity index (χ0v) is 8.11. The molecule has 0 heterocycles. The third-order valence-electron chi connectivity index (χ3n) is 1.85. The first-order valence-corrected chi connectivity index (χ1v) is 4.84. The summed E-state index contributed by atoms with van der Waals surface area (Å²) < 4.78 is 26.6. The molecule has 0 spiro atoms. The van der Waals surface area contributed by atoms with Crippen LogP contribution < -0.4 is 0 Å². The van der Waals surface area contributed by atoms with Gasteiger partial charge in [-0.1, -0.05) is 30.3 Å². The molecule has 3 heteroatoms. The standard InChI is InChI=1S/C10H12F2S/c11-10(12,7-4-8-13)9-5-2-1-3-6-9/h1-3,5-6,13H,4,7-8H2. The van der Waals surface area contributed by atoms with E-state index in [1.54, 1.807) is 18.2 Å². The summed E-state index contributed by atoms with van der Waals surface area (Å²) in [5.41, 5.74) is 0.0942. The second-order valence-electron chi connectivity index (χ2n) is 2.90. The Kier molecular flexibility index (Phi) is 3.72. The maximum Gasteiger partial charge on any atom is 0.273 e. The van der Waals surface area contributed by atoms with Crippen LogP contribution in [0.4, 0.5) is 8.78 Å². The van der Waals surface area contributed by atoms with Gasteiger partial charge in [-0.2, -0.15) is 12.6 Å². The number of thiol groups is 1. The van der Waals surface area contributed by atoms with Gasteiger partial charge in [-0.25, -0.2) is 8.78 Å². The normalized spacial score (nSPS) is 11.6. The molecule has 72 valence electrons. The molecule has 0 unspecified atom stereocenters. The Balaban J connectivity index is 2.69. The van der Waals surface area contributed by atoms with Crippen LogP contribution in [0.2, 0.25) is 0 Å². The van der Waals surface area contributed by atoms with Crippen LogP contribution in [0.3, 0.4) is 0 Å². The van der Waals surface area contributed by atoms with Gasteiger partial charge < -0.3 is 0 Å². The number of rotatable bonds is 4. The molecule has 0 aromatic heterocycles. The summed E-state index contributed by atoms with van der Waals surface area (Å²) in [5.74, 6) is -2.20. The lowest BCUT2D eigenvalue weighted by Gasteiger charge is -2.15. The molecule has 0 aliphatic rings. The maximum atomic E-state index is 13.3. The van der Waals surface area contributed by atoms with Crippen molar-refractivity contribution in [1.29, 1.82) is 0 Å². The highest BCUT2D eigenvalue weighted by Crippen LogP contribution is 2.32. The molecular weight excluding hydrogens is 190 g/mol. The molecule has 0 atom stereocenters. The molecular formula is C10H12F2S. The van der Waals surface area contributed by atoms with Crippen LogP contribution in [0.1, 0.15) is 18.4 Å². The summed E-state index contributed by atoms with van der Waals surface area (Å²) in [7, 11) is 0. The summed E-state index contributed by atoms with van der Waals surface area (Å²) in [6, 6.07) is 7.91. The fraction of sp³-hybridized carbons (Fsp3) is 0.400. The van der Waals surface area contributed by atoms with E-state index in [-0.39, 0.29) is 12.0 Å². The number of hydrogen-bond acceptors (Lipinski definition) is 1. The van der Waals surface area contributed by atoms with E-state index in [0.717, 1.165) is 0 Å². The molecule has 0 fully saturated rings. The molecule has 1 aromatic rings. The Morgan fingerprint density at radius 3 is 2.31 bits per heavy atom. The summed E-state index contributed by atoms with van der Waals surface area (Å²) in [6.07, 6.45) is 0.311. The van der Waals surface area contributed by atoms with Crippen molar-refractivity contribution in [3.63, 3.8) is 0 Å². The average molecular weight is 202 g/mol. The highest BCUT2D eigenvalue weighted by Gasteiger charge is 2.29. The van der Waals surface area contributed by atoms with Gasteiger partial charge in [0.25, 0.3) is 5.92 Å². The van der Waals surface area contributed by atoms with Crippen LogP contribution in [-0.2, 0) is 5.92 Å². The molecule has 0 radical (unpaired) electrons. The van der Waals surface area contributed by atoms with E-state index < -0.39 is 5.92 Å². The third kappa shape index (κ3) is 2.99. The zero-order valence-electron chi connectivity index (χ0n) is 7.21. The Morgan fingerprint density at radius 1 is 1.15 bits per heavy atom. The van der Waals surface area contributed by atoms with E-state index in [4.69, 9.17) is 0 Å². The van der Waals surface area contributed by atoms with E-state index in [1.165, 1.54) is 12.1 Å². The van der Waals surface area contributed by atoms with E-state index in [1.807, 2.05) is 0 Å². The number of hydrogen-bond donors (Lipinski definition) is 1. The average Bonchev–Trinajstić information content (AvgIpc) is 2.16. The number of alkyl halides is 2. The zero-order chi connectivity index (χ0) is 9.73. The molecule has 0 aliphatic heterocycles. The summed E-state index contributed by atoms with van der Waals surface area (Å²) >= 11 is 3.91. The Bertz CT molecular complexity index is 246. The first-order valence-electron chi connectivity index (χ1n) is 4.21. The molecule has 0 N–H and O–H groups in total. The monoisotopic (exact) mass is 202 g/mol. The van der Waals surface area contributed by atoms with Crippen LogP contribution in [0.5, 0.6) is 0 Å². The van der Waals surface area contributed by atoms with E-state index in [9.17, 15) is 8.78 Å². The molecule has 1 aromatic carbocycles. The lowest BCUT2D eigenvalue weighted by Crippen LogP contribution is -2.13. The van der Waals surface area contributed by atoms with Crippen LogP contribution in [0.25, 0.3) is 0 Å². The van der Waals surface area contributed by atoms with Crippen molar-refractivity contribution < 1.29 is 8.78 Å². The van der Waals surface area contributed by atoms with Gasteiger partial charge in [0.05, 0.1) is 0 Å². The van der Waals surface area contributed by atoms with E-state index >= 15 is 0 Å². The van der Waals surface area contributed by atoms with Gasteiger partial charge >= 0.3 is 0 Å². The van der Waals surface area contributed by atoms with Crippen LogP contribution in [0, 0.1) is 0 Å². The number of halogens is 2. The lowest BCUT2D eigenvalue weighted by molar-refractivity contribution is -0.0137. The van der Waals surface area contributed by atoms with Crippen molar-refractivity contribution in [1.82, 2.24) is 0 Å². The third-order valence-corrected chi connectivity index (χ3v) is 2.16. The molecule has 13 heavy (non-hydrogen) atoms.